The third kappa shape index (κ3) is 2.80. The minimum Gasteiger partial charge on any atom is -0.341 e. The van der Waals surface area contributed by atoms with Crippen LogP contribution in [-0.4, -0.2) is 23.9 Å². The summed E-state index contributed by atoms with van der Waals surface area (Å²) < 4.78 is 1.07. The largest absolute Gasteiger partial charge is 0.341 e. The van der Waals surface area contributed by atoms with E-state index in [2.05, 4.69) is 51.7 Å². The number of hydrogen-bond acceptors (Lipinski definition) is 1. The van der Waals surface area contributed by atoms with E-state index in [1.54, 1.807) is 0 Å². The minimum absolute atomic E-state index is 0.278. The third-order valence-corrected chi connectivity index (χ3v) is 5.55. The molecule has 0 spiro atoms. The van der Waals surface area contributed by atoms with E-state index in [1.165, 1.54) is 11.1 Å². The molecule has 0 N–H and O–H groups in total. The zero-order chi connectivity index (χ0) is 14.9. The number of carbonyl (C=O) groups is 1. The zero-order valence-corrected chi connectivity index (χ0v) is 14.0. The number of rotatable bonds is 2. The summed E-state index contributed by atoms with van der Waals surface area (Å²) in [6, 6.07) is 8.35. The van der Waals surface area contributed by atoms with Gasteiger partial charge in [-0.1, -0.05) is 53.1 Å². The summed E-state index contributed by atoms with van der Waals surface area (Å²) in [4.78, 5) is 15.3. The van der Waals surface area contributed by atoms with Crippen molar-refractivity contribution in [2.45, 2.75) is 43.9 Å². The van der Waals surface area contributed by atoms with E-state index in [0.717, 1.165) is 56.1 Å². The lowest BCUT2D eigenvalue weighted by Gasteiger charge is -2.37. The van der Waals surface area contributed by atoms with Crippen molar-refractivity contribution in [3.63, 3.8) is 0 Å². The molecule has 1 saturated carbocycles. The average Bonchev–Trinajstić information content (AvgIpc) is 2.99. The Bertz CT molecular complexity index is 533. The summed E-state index contributed by atoms with van der Waals surface area (Å²) in [6.07, 6.45) is 6.21. The summed E-state index contributed by atoms with van der Waals surface area (Å²) in [6.45, 7) is 5.73. The number of piperidine rings is 1. The van der Waals surface area contributed by atoms with Crippen LogP contribution in [0.5, 0.6) is 0 Å². The quantitative estimate of drug-likeness (QED) is 0.724. The standard InChI is InChI=1S/C18H22BrNO/c1-14-8-12-20(13-9-14)17(21)18(10-2-3-11-18)15-4-6-16(19)7-5-15/h4-7H,1-3,8-13H2. The van der Waals surface area contributed by atoms with Gasteiger partial charge in [0.1, 0.15) is 0 Å². The molecule has 3 rings (SSSR count). The zero-order valence-electron chi connectivity index (χ0n) is 12.4. The second-order valence-corrected chi connectivity index (χ2v) is 7.25. The Morgan fingerprint density at radius 2 is 1.67 bits per heavy atom. The van der Waals surface area contributed by atoms with E-state index in [0.29, 0.717) is 5.91 Å². The monoisotopic (exact) mass is 347 g/mol. The van der Waals surface area contributed by atoms with Crippen LogP contribution in [0, 0.1) is 0 Å². The Balaban J connectivity index is 1.88. The first-order valence-electron chi connectivity index (χ1n) is 7.84. The van der Waals surface area contributed by atoms with Gasteiger partial charge in [0.2, 0.25) is 5.91 Å². The van der Waals surface area contributed by atoms with Crippen molar-refractivity contribution in [2.75, 3.05) is 13.1 Å². The SMILES string of the molecule is C=C1CCN(C(=O)C2(c3ccc(Br)cc3)CCCC2)CC1. The topological polar surface area (TPSA) is 20.3 Å². The van der Waals surface area contributed by atoms with Gasteiger partial charge in [-0.05, 0) is 43.4 Å². The fraction of sp³-hybridized carbons (Fsp3) is 0.500. The number of amides is 1. The first-order valence-corrected chi connectivity index (χ1v) is 8.63. The molecule has 0 unspecified atom stereocenters. The van der Waals surface area contributed by atoms with Crippen LogP contribution in [0.3, 0.4) is 0 Å². The van der Waals surface area contributed by atoms with Gasteiger partial charge in [0, 0.05) is 17.6 Å². The molecule has 1 aromatic carbocycles. The van der Waals surface area contributed by atoms with E-state index in [-0.39, 0.29) is 5.41 Å². The highest BCUT2D eigenvalue weighted by atomic mass is 79.9. The van der Waals surface area contributed by atoms with Crippen LogP contribution in [-0.2, 0) is 10.2 Å². The summed E-state index contributed by atoms with van der Waals surface area (Å²) in [5, 5.41) is 0. The normalized spacial score (nSPS) is 21.6. The molecular formula is C18H22BrNO. The summed E-state index contributed by atoms with van der Waals surface area (Å²) in [5.41, 5.74) is 2.19. The Labute approximate surface area is 135 Å². The van der Waals surface area contributed by atoms with Crippen molar-refractivity contribution in [3.05, 3.63) is 46.5 Å². The van der Waals surface area contributed by atoms with Crippen LogP contribution in [0.1, 0.15) is 44.1 Å². The molecule has 0 aromatic heterocycles. The molecule has 1 heterocycles. The van der Waals surface area contributed by atoms with Gasteiger partial charge in [-0.3, -0.25) is 4.79 Å². The molecule has 0 radical (unpaired) electrons. The van der Waals surface area contributed by atoms with Gasteiger partial charge >= 0.3 is 0 Å². The second-order valence-electron chi connectivity index (χ2n) is 6.34. The van der Waals surface area contributed by atoms with Crippen molar-refractivity contribution in [1.29, 1.82) is 0 Å². The van der Waals surface area contributed by atoms with Gasteiger partial charge in [0.25, 0.3) is 0 Å². The number of likely N-dealkylation sites (tertiary alicyclic amines) is 1. The highest BCUT2D eigenvalue weighted by molar-refractivity contribution is 9.10. The molecule has 21 heavy (non-hydrogen) atoms. The van der Waals surface area contributed by atoms with Crippen LogP contribution in [0.2, 0.25) is 0 Å². The van der Waals surface area contributed by atoms with Crippen LogP contribution in [0.15, 0.2) is 40.9 Å². The maximum absolute atomic E-state index is 13.2. The molecule has 3 heteroatoms. The Morgan fingerprint density at radius 3 is 2.24 bits per heavy atom. The van der Waals surface area contributed by atoms with Gasteiger partial charge < -0.3 is 4.90 Å². The molecule has 2 fully saturated rings. The van der Waals surface area contributed by atoms with Crippen molar-refractivity contribution >= 4 is 21.8 Å². The lowest BCUT2D eigenvalue weighted by molar-refractivity contribution is -0.137. The Morgan fingerprint density at radius 1 is 1.10 bits per heavy atom. The van der Waals surface area contributed by atoms with Crippen LogP contribution >= 0.6 is 15.9 Å². The fourth-order valence-corrected chi connectivity index (χ4v) is 3.97. The highest BCUT2D eigenvalue weighted by Crippen LogP contribution is 2.43. The lowest BCUT2D eigenvalue weighted by atomic mass is 9.77. The predicted octanol–water partition coefficient (Wildman–Crippen LogP) is 4.44. The van der Waals surface area contributed by atoms with E-state index >= 15 is 0 Å². The van der Waals surface area contributed by atoms with Gasteiger partial charge in [0.15, 0.2) is 0 Å². The molecule has 1 amide bonds. The predicted molar refractivity (Wildman–Crippen MR) is 89.2 cm³/mol. The van der Waals surface area contributed by atoms with E-state index in [1.807, 2.05) is 0 Å². The Hall–Kier alpha value is -1.09. The number of nitrogens with zero attached hydrogens (tertiary/aromatic N) is 1. The number of halogens is 1. The lowest BCUT2D eigenvalue weighted by Crippen LogP contribution is -2.47. The molecule has 2 nitrogen and oxygen atoms in total. The van der Waals surface area contributed by atoms with Crippen molar-refractivity contribution in [1.82, 2.24) is 4.90 Å². The van der Waals surface area contributed by atoms with Crippen LogP contribution in [0.4, 0.5) is 0 Å². The third-order valence-electron chi connectivity index (χ3n) is 5.02. The van der Waals surface area contributed by atoms with Gasteiger partial charge in [-0.25, -0.2) is 0 Å². The Kier molecular flexibility index (Phi) is 4.21. The second kappa shape index (κ2) is 5.96. The van der Waals surface area contributed by atoms with E-state index in [9.17, 15) is 4.79 Å². The molecule has 0 atom stereocenters. The van der Waals surface area contributed by atoms with Crippen molar-refractivity contribution < 1.29 is 4.79 Å². The molecule has 0 bridgehead atoms. The molecular weight excluding hydrogens is 326 g/mol. The fourth-order valence-electron chi connectivity index (χ4n) is 3.70. The van der Waals surface area contributed by atoms with Gasteiger partial charge in [-0.2, -0.15) is 0 Å². The maximum atomic E-state index is 13.2. The molecule has 112 valence electrons. The van der Waals surface area contributed by atoms with Crippen molar-refractivity contribution in [2.24, 2.45) is 0 Å². The number of benzene rings is 1. The molecule has 1 saturated heterocycles. The molecule has 1 aliphatic carbocycles. The summed E-state index contributed by atoms with van der Waals surface area (Å²) >= 11 is 3.49. The molecule has 1 aliphatic heterocycles. The van der Waals surface area contributed by atoms with E-state index < -0.39 is 0 Å². The van der Waals surface area contributed by atoms with E-state index in [4.69, 9.17) is 0 Å². The first-order chi connectivity index (χ1) is 10.1. The van der Waals surface area contributed by atoms with Crippen molar-refractivity contribution in [3.8, 4) is 0 Å². The van der Waals surface area contributed by atoms with Crippen LogP contribution < -0.4 is 0 Å². The highest BCUT2D eigenvalue weighted by Gasteiger charge is 2.45. The summed E-state index contributed by atoms with van der Waals surface area (Å²) in [5.74, 6) is 0.342. The van der Waals surface area contributed by atoms with Crippen LogP contribution in [0.25, 0.3) is 0 Å². The molecule has 2 aliphatic rings. The first kappa shape index (κ1) is 14.8. The molecule has 1 aromatic rings. The minimum atomic E-state index is -0.278. The maximum Gasteiger partial charge on any atom is 0.233 e. The number of carbonyl (C=O) groups excluding carboxylic acids is 1. The smallest absolute Gasteiger partial charge is 0.233 e. The average molecular weight is 348 g/mol. The van der Waals surface area contributed by atoms with Gasteiger partial charge in [0.05, 0.1) is 5.41 Å². The summed E-state index contributed by atoms with van der Waals surface area (Å²) in [7, 11) is 0. The van der Waals surface area contributed by atoms with Gasteiger partial charge in [-0.15, -0.1) is 0 Å². The number of hydrogen-bond donors (Lipinski definition) is 0.